The highest BCUT2D eigenvalue weighted by Crippen LogP contribution is 2.61. The Kier molecular flexibility index (Phi) is 10.7. The molecular formula is C19H31N5O15P2S. The predicted octanol–water partition coefficient (Wildman–Crippen LogP) is -3.14. The minimum atomic E-state index is -5.40. The fourth-order valence-corrected chi connectivity index (χ4v) is 7.61. The highest BCUT2D eigenvalue weighted by atomic mass is 32.5. The molecule has 0 aliphatic carbocycles. The number of imidazole rings is 1. The fraction of sp³-hybridized carbons (Fsp3) is 0.737. The molecule has 2 aliphatic rings. The van der Waals surface area contributed by atoms with E-state index < -0.39 is 89.1 Å². The highest BCUT2D eigenvalue weighted by Gasteiger charge is 2.51. The Labute approximate surface area is 242 Å². The monoisotopic (exact) mass is 663 g/mol. The first-order chi connectivity index (χ1) is 19.7. The molecular weight excluding hydrogens is 632 g/mol. The molecule has 0 amide bonds. The van der Waals surface area contributed by atoms with Gasteiger partial charge < -0.3 is 64.5 Å². The van der Waals surface area contributed by atoms with Crippen LogP contribution in [0.1, 0.15) is 6.23 Å². The first kappa shape index (κ1) is 33.6. The summed E-state index contributed by atoms with van der Waals surface area (Å²) < 4.78 is 50.9. The summed E-state index contributed by atoms with van der Waals surface area (Å²) in [4.78, 5) is 33.0. The molecule has 4 rings (SSSR count). The van der Waals surface area contributed by atoms with Gasteiger partial charge in [-0.1, -0.05) is 0 Å². The van der Waals surface area contributed by atoms with Crippen LogP contribution in [-0.4, -0.2) is 137 Å². The van der Waals surface area contributed by atoms with Crippen LogP contribution < -0.4 is 5.73 Å². The Morgan fingerprint density at radius 3 is 2.43 bits per heavy atom. The van der Waals surface area contributed by atoms with Crippen LogP contribution in [0.4, 0.5) is 5.82 Å². The predicted molar refractivity (Wildman–Crippen MR) is 139 cm³/mol. The largest absolute Gasteiger partial charge is 0.481 e. The summed E-state index contributed by atoms with van der Waals surface area (Å²) in [6.45, 7) is -6.05. The van der Waals surface area contributed by atoms with Gasteiger partial charge in [0.2, 0.25) is 0 Å². The van der Waals surface area contributed by atoms with Crippen LogP contribution >= 0.6 is 14.5 Å². The molecule has 2 aromatic heterocycles. The number of hydrogen-bond donors (Lipinski definition) is 8. The molecule has 12 atom stereocenters. The number of rotatable bonds is 12. The molecule has 0 aromatic carbocycles. The molecule has 5 unspecified atom stereocenters. The second kappa shape index (κ2) is 13.3. The number of anilines is 1. The lowest BCUT2D eigenvalue weighted by molar-refractivity contribution is -0.292. The van der Waals surface area contributed by atoms with Gasteiger partial charge in [0.15, 0.2) is 24.0 Å². The highest BCUT2D eigenvalue weighted by molar-refractivity contribution is 8.08. The number of nitrogens with two attached hydrogens (primary N) is 1. The maximum absolute atomic E-state index is 12.6. The Morgan fingerprint density at radius 2 is 1.79 bits per heavy atom. The number of aliphatic hydroxyl groups is 5. The SMILES string of the molecule is COC1[C@@H](COP(O)(=S)OP(=O)(O)O[C@@H]2OC([C@H](O)CO)[C@@H](O)C(O)[C@H]2O)O[C@@H](n2cnc3c(N)ncnc32)[C@H]1OC. The average molecular weight is 663 g/mol. The second-order valence-corrected chi connectivity index (χ2v) is 13.5. The van der Waals surface area contributed by atoms with E-state index >= 15 is 0 Å². The van der Waals surface area contributed by atoms with E-state index in [-0.39, 0.29) is 5.82 Å². The van der Waals surface area contributed by atoms with Crippen molar-refractivity contribution in [1.29, 1.82) is 0 Å². The summed E-state index contributed by atoms with van der Waals surface area (Å²) in [5.74, 6) is 0.139. The minimum Gasteiger partial charge on any atom is -0.394 e. The third kappa shape index (κ3) is 6.98. The zero-order chi connectivity index (χ0) is 31.0. The van der Waals surface area contributed by atoms with Gasteiger partial charge in [0.1, 0.15) is 60.7 Å². The molecule has 0 bridgehead atoms. The quantitative estimate of drug-likeness (QED) is 0.104. The van der Waals surface area contributed by atoms with E-state index in [1.54, 1.807) is 0 Å². The molecule has 2 aliphatic heterocycles. The van der Waals surface area contributed by atoms with Gasteiger partial charge in [0.05, 0.1) is 19.5 Å². The van der Waals surface area contributed by atoms with E-state index in [0.29, 0.717) is 11.2 Å². The molecule has 238 valence electrons. The van der Waals surface area contributed by atoms with Crippen LogP contribution in [0, 0.1) is 0 Å². The Hall–Kier alpha value is -1.33. The van der Waals surface area contributed by atoms with Crippen LogP contribution in [-0.2, 0) is 48.7 Å². The van der Waals surface area contributed by atoms with Crippen molar-refractivity contribution in [3.05, 3.63) is 12.7 Å². The van der Waals surface area contributed by atoms with Gasteiger partial charge in [-0.25, -0.2) is 23.8 Å². The van der Waals surface area contributed by atoms with E-state index in [9.17, 15) is 34.8 Å². The minimum absolute atomic E-state index is 0.139. The standard InChI is InChI=1S/C19H31N5O15P2S/c1-33-14-8(36-18(15(14)34-2)24-6-23-9-16(20)21-5-22-17(9)24)4-35-41(32,42)39-40(30,31)38-19-12(29)10(27)11(28)13(37-19)7(26)3-25/h5-8,10-15,18-19,25-29H,3-4H2,1-2H3,(H,30,31)(H,32,42)(H2,20,21,22)/t7-,8-,10?,11+,12-,13?,14?,15+,18-,19+,41?/m1/s1. The number of aliphatic hydroxyl groups excluding tert-OH is 5. The van der Waals surface area contributed by atoms with Crippen LogP contribution in [0.15, 0.2) is 12.7 Å². The number of nitrogens with zero attached hydrogens (tertiary/aromatic N) is 4. The van der Waals surface area contributed by atoms with Gasteiger partial charge in [-0.2, -0.15) is 0 Å². The van der Waals surface area contributed by atoms with Crippen molar-refractivity contribution in [3.8, 4) is 0 Å². The maximum atomic E-state index is 12.6. The van der Waals surface area contributed by atoms with Crippen LogP contribution in [0.25, 0.3) is 11.2 Å². The number of fused-ring (bicyclic) bond motifs is 1. The number of hydrogen-bond acceptors (Lipinski definition) is 18. The summed E-state index contributed by atoms with van der Waals surface area (Å²) in [6.07, 6.45) is -12.5. The third-order valence-electron chi connectivity index (χ3n) is 6.51. The summed E-state index contributed by atoms with van der Waals surface area (Å²) in [7, 11) is -2.64. The summed E-state index contributed by atoms with van der Waals surface area (Å²) in [5.41, 5.74) is 6.50. The molecule has 4 heterocycles. The van der Waals surface area contributed by atoms with Gasteiger partial charge in [0, 0.05) is 14.2 Å². The van der Waals surface area contributed by atoms with Crippen molar-refractivity contribution in [3.63, 3.8) is 0 Å². The molecule has 2 saturated heterocycles. The number of phosphoric ester groups is 1. The van der Waals surface area contributed by atoms with Crippen molar-refractivity contribution in [1.82, 2.24) is 19.5 Å². The van der Waals surface area contributed by atoms with Crippen molar-refractivity contribution >= 4 is 43.3 Å². The topological polar surface area (TPSA) is 293 Å². The second-order valence-electron chi connectivity index (χ2n) is 9.16. The molecule has 42 heavy (non-hydrogen) atoms. The van der Waals surface area contributed by atoms with E-state index in [0.717, 1.165) is 0 Å². The lowest BCUT2D eigenvalue weighted by Crippen LogP contribution is -2.61. The zero-order valence-corrected chi connectivity index (χ0v) is 24.5. The summed E-state index contributed by atoms with van der Waals surface area (Å²) >= 11 is 4.84. The Morgan fingerprint density at radius 1 is 1.10 bits per heavy atom. The Bertz CT molecular complexity index is 1330. The molecule has 2 fully saturated rings. The summed E-state index contributed by atoms with van der Waals surface area (Å²) in [6, 6.07) is 0. The van der Waals surface area contributed by atoms with Crippen LogP contribution in [0.3, 0.4) is 0 Å². The fourth-order valence-electron chi connectivity index (χ4n) is 4.51. The molecule has 23 heteroatoms. The lowest BCUT2D eigenvalue weighted by atomic mass is 9.96. The molecule has 0 saturated carbocycles. The first-order valence-corrected chi connectivity index (χ1v) is 16.1. The van der Waals surface area contributed by atoms with E-state index in [1.807, 2.05) is 0 Å². The van der Waals surface area contributed by atoms with Crippen molar-refractivity contribution in [2.24, 2.45) is 0 Å². The molecule has 0 radical (unpaired) electrons. The van der Waals surface area contributed by atoms with Gasteiger partial charge in [-0.15, -0.1) is 0 Å². The van der Waals surface area contributed by atoms with Crippen LogP contribution in [0.2, 0.25) is 0 Å². The maximum Gasteiger partial charge on any atom is 0.481 e. The van der Waals surface area contributed by atoms with Gasteiger partial charge in [0.25, 0.3) is 0 Å². The number of methoxy groups -OCH3 is 2. The third-order valence-corrected chi connectivity index (χ3v) is 10.0. The lowest BCUT2D eigenvalue weighted by Gasteiger charge is -2.41. The average Bonchev–Trinajstić information content (AvgIpc) is 3.52. The van der Waals surface area contributed by atoms with Gasteiger partial charge >= 0.3 is 14.5 Å². The molecule has 20 nitrogen and oxygen atoms in total. The van der Waals surface area contributed by atoms with Crippen LogP contribution in [0.5, 0.6) is 0 Å². The van der Waals surface area contributed by atoms with Crippen molar-refractivity contribution in [2.75, 3.05) is 33.2 Å². The molecule has 0 spiro atoms. The number of nitrogen functional groups attached to an aromatic ring is 1. The number of aromatic nitrogens is 4. The Balaban J connectivity index is 1.43. The van der Waals surface area contributed by atoms with Gasteiger partial charge in [-0.3, -0.25) is 9.09 Å². The first-order valence-electron chi connectivity index (χ1n) is 12.1. The normalized spacial score (nSPS) is 35.6. The van der Waals surface area contributed by atoms with E-state index in [4.69, 9.17) is 50.6 Å². The molecule has 9 N–H and O–H groups in total. The smallest absolute Gasteiger partial charge is 0.394 e. The van der Waals surface area contributed by atoms with E-state index in [2.05, 4.69) is 19.3 Å². The van der Waals surface area contributed by atoms with Gasteiger partial charge in [-0.05, 0) is 11.8 Å². The van der Waals surface area contributed by atoms with Crippen molar-refractivity contribution < 1.29 is 72.2 Å². The molecule has 2 aromatic rings. The summed E-state index contributed by atoms with van der Waals surface area (Å²) in [5, 5.41) is 49.0. The number of ether oxygens (including phenoxy) is 4. The van der Waals surface area contributed by atoms with E-state index in [1.165, 1.54) is 31.4 Å². The van der Waals surface area contributed by atoms with Crippen molar-refractivity contribution in [2.45, 2.75) is 61.3 Å². The zero-order valence-electron chi connectivity index (χ0n) is 21.9. The number of phosphoric acid groups is 1.